The molecule has 106 valence electrons. The van der Waals surface area contributed by atoms with Crippen molar-refractivity contribution in [2.24, 2.45) is 0 Å². The average Bonchev–Trinajstić information content (AvgIpc) is 2.86. The standard InChI is InChI=1S/C14H17ClN4O/c1-2-18(9-5-12-3-6-16-7-4-12)13(20)11-19-10-8-17-14(19)15/h3-4,6-8,10H,2,5,9,11H2,1H3. The molecule has 0 fully saturated rings. The van der Waals surface area contributed by atoms with E-state index in [4.69, 9.17) is 11.6 Å². The third-order valence-electron chi connectivity index (χ3n) is 3.12. The molecule has 2 heterocycles. The maximum absolute atomic E-state index is 12.2. The lowest BCUT2D eigenvalue weighted by atomic mass is 10.2. The number of rotatable bonds is 6. The molecular formula is C14H17ClN4O. The van der Waals surface area contributed by atoms with Gasteiger partial charge in [-0.25, -0.2) is 4.98 Å². The molecule has 0 N–H and O–H groups in total. The van der Waals surface area contributed by atoms with Crippen LogP contribution in [-0.4, -0.2) is 38.4 Å². The smallest absolute Gasteiger partial charge is 0.242 e. The first kappa shape index (κ1) is 14.5. The normalized spacial score (nSPS) is 10.5. The molecule has 2 aromatic rings. The minimum Gasteiger partial charge on any atom is -0.341 e. The zero-order valence-electron chi connectivity index (χ0n) is 11.4. The van der Waals surface area contributed by atoms with Gasteiger partial charge in [0, 0.05) is 37.9 Å². The van der Waals surface area contributed by atoms with Gasteiger partial charge in [0.1, 0.15) is 6.54 Å². The Bertz CT molecular complexity index is 555. The van der Waals surface area contributed by atoms with Crippen LogP contribution in [-0.2, 0) is 17.8 Å². The maximum atomic E-state index is 12.2. The van der Waals surface area contributed by atoms with Gasteiger partial charge >= 0.3 is 0 Å². The van der Waals surface area contributed by atoms with Gasteiger partial charge in [-0.05, 0) is 42.6 Å². The van der Waals surface area contributed by atoms with Crippen LogP contribution in [0.5, 0.6) is 0 Å². The number of carbonyl (C=O) groups is 1. The van der Waals surface area contributed by atoms with Crippen LogP contribution in [0, 0.1) is 0 Å². The highest BCUT2D eigenvalue weighted by Gasteiger charge is 2.13. The minimum atomic E-state index is 0.0430. The van der Waals surface area contributed by atoms with Gasteiger partial charge < -0.3 is 9.47 Å². The van der Waals surface area contributed by atoms with Gasteiger partial charge in [-0.15, -0.1) is 0 Å². The molecule has 0 radical (unpaired) electrons. The molecule has 0 unspecified atom stereocenters. The third kappa shape index (κ3) is 3.81. The van der Waals surface area contributed by atoms with Crippen molar-refractivity contribution in [1.29, 1.82) is 0 Å². The van der Waals surface area contributed by atoms with Crippen LogP contribution in [0.4, 0.5) is 0 Å². The van der Waals surface area contributed by atoms with Crippen LogP contribution < -0.4 is 0 Å². The van der Waals surface area contributed by atoms with Crippen molar-refractivity contribution in [2.45, 2.75) is 19.9 Å². The number of hydrogen-bond donors (Lipinski definition) is 0. The summed E-state index contributed by atoms with van der Waals surface area (Å²) in [5, 5.41) is 0.337. The second-order valence-electron chi connectivity index (χ2n) is 4.40. The highest BCUT2D eigenvalue weighted by atomic mass is 35.5. The molecule has 0 aliphatic heterocycles. The molecule has 0 aromatic carbocycles. The minimum absolute atomic E-state index is 0.0430. The van der Waals surface area contributed by atoms with E-state index in [1.807, 2.05) is 24.0 Å². The van der Waals surface area contributed by atoms with E-state index in [9.17, 15) is 4.79 Å². The van der Waals surface area contributed by atoms with Crippen molar-refractivity contribution in [1.82, 2.24) is 19.4 Å². The first-order chi connectivity index (χ1) is 9.70. The summed E-state index contributed by atoms with van der Waals surface area (Å²) in [6.07, 6.45) is 7.64. The molecule has 2 aromatic heterocycles. The Labute approximate surface area is 123 Å². The first-order valence-electron chi connectivity index (χ1n) is 6.54. The second kappa shape index (κ2) is 7.05. The number of pyridine rings is 1. The maximum Gasteiger partial charge on any atom is 0.242 e. The Kier molecular flexibility index (Phi) is 5.12. The molecule has 2 rings (SSSR count). The summed E-state index contributed by atoms with van der Waals surface area (Å²) in [6, 6.07) is 3.93. The van der Waals surface area contributed by atoms with Gasteiger partial charge in [0.15, 0.2) is 0 Å². The number of nitrogens with zero attached hydrogens (tertiary/aromatic N) is 4. The molecule has 6 heteroatoms. The van der Waals surface area contributed by atoms with Crippen molar-refractivity contribution in [3.05, 3.63) is 47.8 Å². The lowest BCUT2D eigenvalue weighted by Gasteiger charge is -2.21. The largest absolute Gasteiger partial charge is 0.341 e. The van der Waals surface area contributed by atoms with Crippen LogP contribution in [0.15, 0.2) is 36.9 Å². The number of imidazole rings is 1. The molecule has 0 saturated heterocycles. The lowest BCUT2D eigenvalue weighted by Crippen LogP contribution is -2.35. The SMILES string of the molecule is CCN(CCc1ccncc1)C(=O)Cn1ccnc1Cl. The van der Waals surface area contributed by atoms with E-state index in [-0.39, 0.29) is 12.5 Å². The predicted molar refractivity (Wildman–Crippen MR) is 77.4 cm³/mol. The Morgan fingerprint density at radius 2 is 2.10 bits per heavy atom. The predicted octanol–water partition coefficient (Wildman–Crippen LogP) is 2.02. The average molecular weight is 293 g/mol. The van der Waals surface area contributed by atoms with Crippen molar-refractivity contribution in [3.8, 4) is 0 Å². The van der Waals surface area contributed by atoms with E-state index in [0.717, 1.165) is 6.42 Å². The molecule has 0 aliphatic carbocycles. The van der Waals surface area contributed by atoms with Crippen molar-refractivity contribution in [2.75, 3.05) is 13.1 Å². The van der Waals surface area contributed by atoms with Gasteiger partial charge in [-0.1, -0.05) is 0 Å². The number of carbonyl (C=O) groups excluding carboxylic acids is 1. The fourth-order valence-corrected chi connectivity index (χ4v) is 2.12. The van der Waals surface area contributed by atoms with Crippen LogP contribution in [0.1, 0.15) is 12.5 Å². The Morgan fingerprint density at radius 1 is 1.35 bits per heavy atom. The van der Waals surface area contributed by atoms with E-state index in [1.165, 1.54) is 5.56 Å². The van der Waals surface area contributed by atoms with Gasteiger partial charge in [0.25, 0.3) is 0 Å². The van der Waals surface area contributed by atoms with Gasteiger partial charge in [0.05, 0.1) is 0 Å². The van der Waals surface area contributed by atoms with E-state index in [0.29, 0.717) is 18.4 Å². The number of halogens is 1. The monoisotopic (exact) mass is 292 g/mol. The van der Waals surface area contributed by atoms with Crippen LogP contribution in [0.25, 0.3) is 0 Å². The van der Waals surface area contributed by atoms with Crippen molar-refractivity contribution in [3.63, 3.8) is 0 Å². The number of aromatic nitrogens is 3. The summed E-state index contributed by atoms with van der Waals surface area (Å²) in [7, 11) is 0. The zero-order chi connectivity index (χ0) is 14.4. The quantitative estimate of drug-likeness (QED) is 0.818. The van der Waals surface area contributed by atoms with Crippen molar-refractivity contribution < 1.29 is 4.79 Å². The van der Waals surface area contributed by atoms with Gasteiger partial charge in [-0.2, -0.15) is 0 Å². The number of likely N-dealkylation sites (N-methyl/N-ethyl adjacent to an activating group) is 1. The van der Waals surface area contributed by atoms with Crippen LogP contribution in [0.3, 0.4) is 0 Å². The van der Waals surface area contributed by atoms with Crippen LogP contribution >= 0.6 is 11.6 Å². The van der Waals surface area contributed by atoms with E-state index in [2.05, 4.69) is 9.97 Å². The molecule has 0 spiro atoms. The molecule has 5 nitrogen and oxygen atoms in total. The highest BCUT2D eigenvalue weighted by Crippen LogP contribution is 2.06. The summed E-state index contributed by atoms with van der Waals surface area (Å²) >= 11 is 5.88. The summed E-state index contributed by atoms with van der Waals surface area (Å²) in [6.45, 7) is 3.56. The van der Waals surface area contributed by atoms with Crippen molar-refractivity contribution >= 4 is 17.5 Å². The first-order valence-corrected chi connectivity index (χ1v) is 6.91. The van der Waals surface area contributed by atoms with E-state index in [1.54, 1.807) is 29.4 Å². The van der Waals surface area contributed by atoms with Gasteiger partial charge in [-0.3, -0.25) is 9.78 Å². The molecular weight excluding hydrogens is 276 g/mol. The molecule has 0 atom stereocenters. The van der Waals surface area contributed by atoms with Gasteiger partial charge in [0.2, 0.25) is 11.2 Å². The Hall–Kier alpha value is -1.88. The van der Waals surface area contributed by atoms with Crippen LogP contribution in [0.2, 0.25) is 5.28 Å². The highest BCUT2D eigenvalue weighted by molar-refractivity contribution is 6.28. The zero-order valence-corrected chi connectivity index (χ0v) is 12.1. The molecule has 0 aliphatic rings. The number of hydrogen-bond acceptors (Lipinski definition) is 3. The van der Waals surface area contributed by atoms with E-state index >= 15 is 0 Å². The molecule has 0 bridgehead atoms. The summed E-state index contributed by atoms with van der Waals surface area (Å²) in [4.78, 5) is 21.9. The van der Waals surface area contributed by atoms with E-state index < -0.39 is 0 Å². The number of amides is 1. The molecule has 1 amide bonds. The lowest BCUT2D eigenvalue weighted by molar-refractivity contribution is -0.131. The third-order valence-corrected chi connectivity index (χ3v) is 3.44. The topological polar surface area (TPSA) is 51.0 Å². The summed E-state index contributed by atoms with van der Waals surface area (Å²) < 4.78 is 1.64. The summed E-state index contributed by atoms with van der Waals surface area (Å²) in [5.74, 6) is 0.0430. The molecule has 20 heavy (non-hydrogen) atoms. The molecule has 0 saturated carbocycles. The fourth-order valence-electron chi connectivity index (χ4n) is 1.95. The second-order valence-corrected chi connectivity index (χ2v) is 4.74. The Balaban J connectivity index is 1.91. The summed E-state index contributed by atoms with van der Waals surface area (Å²) in [5.41, 5.74) is 1.17. The Morgan fingerprint density at radius 3 is 2.70 bits per heavy atom. The fraction of sp³-hybridized carbons (Fsp3) is 0.357.